The van der Waals surface area contributed by atoms with Crippen molar-refractivity contribution in [3.63, 3.8) is 0 Å². The molecule has 1 aromatic heterocycles. The molecule has 2 aromatic rings. The lowest BCUT2D eigenvalue weighted by atomic mass is 10.2. The van der Waals surface area contributed by atoms with Crippen LogP contribution in [0.1, 0.15) is 19.4 Å². The molecule has 130 valence electrons. The van der Waals surface area contributed by atoms with E-state index < -0.39 is 18.8 Å². The monoisotopic (exact) mass is 352 g/mol. The van der Waals surface area contributed by atoms with Crippen LogP contribution in [0.4, 0.5) is 0 Å². The van der Waals surface area contributed by atoms with Gasteiger partial charge in [-0.1, -0.05) is 17.7 Å². The first-order valence-corrected chi connectivity index (χ1v) is 9.17. The van der Waals surface area contributed by atoms with Crippen molar-refractivity contribution in [1.82, 2.24) is 9.13 Å². The third kappa shape index (κ3) is 3.43. The Morgan fingerprint density at radius 3 is 2.08 bits per heavy atom. The molecule has 0 N–H and O–H groups in total. The Labute approximate surface area is 140 Å². The molecule has 0 aliphatic heterocycles. The van der Waals surface area contributed by atoms with Crippen LogP contribution in [0, 0.1) is 6.92 Å². The quantitative estimate of drug-likeness (QED) is 0.740. The minimum absolute atomic E-state index is 0.115. The maximum atomic E-state index is 13.0. The van der Waals surface area contributed by atoms with Gasteiger partial charge in [-0.2, -0.15) is 0 Å². The van der Waals surface area contributed by atoms with E-state index in [4.69, 9.17) is 9.05 Å². The van der Waals surface area contributed by atoms with Crippen LogP contribution in [0.15, 0.2) is 40.1 Å². The Hall–Kier alpha value is -1.95. The number of benzene rings is 1. The molecule has 0 atom stereocenters. The Kier molecular flexibility index (Phi) is 5.59. The Bertz CT molecular complexity index is 873. The fourth-order valence-electron chi connectivity index (χ4n) is 2.28. The van der Waals surface area contributed by atoms with Crippen LogP contribution in [0.3, 0.4) is 0 Å². The maximum Gasteiger partial charge on any atom is 0.368 e. The summed E-state index contributed by atoms with van der Waals surface area (Å²) in [6, 6.07) is 6.90. The number of nitrogens with zero attached hydrogens (tertiary/aromatic N) is 2. The summed E-state index contributed by atoms with van der Waals surface area (Å²) in [5.41, 5.74) is 0.154. The SMILES string of the molecule is CCOP(=O)(OCC)c1cn(C)c(=O)n(-c2ccc(C)cc2)c1=O. The van der Waals surface area contributed by atoms with Gasteiger partial charge in [-0.15, -0.1) is 0 Å². The van der Waals surface area contributed by atoms with Crippen LogP contribution in [-0.2, 0) is 20.7 Å². The van der Waals surface area contributed by atoms with Crippen molar-refractivity contribution in [3.8, 4) is 5.69 Å². The molecule has 0 aliphatic rings. The molecule has 0 unspecified atom stereocenters. The molecule has 0 aliphatic carbocycles. The van der Waals surface area contributed by atoms with E-state index in [1.54, 1.807) is 38.1 Å². The van der Waals surface area contributed by atoms with Crippen LogP contribution in [0.5, 0.6) is 0 Å². The Balaban J connectivity index is 2.77. The molecule has 0 bridgehead atoms. The summed E-state index contributed by atoms with van der Waals surface area (Å²) in [4.78, 5) is 25.3. The van der Waals surface area contributed by atoms with Crippen LogP contribution in [0.25, 0.3) is 5.69 Å². The van der Waals surface area contributed by atoms with Gasteiger partial charge in [0.15, 0.2) is 0 Å². The first kappa shape index (κ1) is 18.4. The van der Waals surface area contributed by atoms with Gasteiger partial charge in [-0.05, 0) is 32.9 Å². The summed E-state index contributed by atoms with van der Waals surface area (Å²) < 4.78 is 25.6. The lowest BCUT2D eigenvalue weighted by Crippen LogP contribution is -2.45. The number of aryl methyl sites for hydroxylation is 2. The maximum absolute atomic E-state index is 13.0. The standard InChI is InChI=1S/C16H21N2O5P/c1-5-22-24(21,23-6-2)14-11-17(4)16(20)18(15(14)19)13-9-7-12(3)8-10-13/h7-11H,5-6H2,1-4H3. The van der Waals surface area contributed by atoms with Crippen molar-refractivity contribution < 1.29 is 13.6 Å². The van der Waals surface area contributed by atoms with Crippen LogP contribution < -0.4 is 16.6 Å². The second-order valence-electron chi connectivity index (χ2n) is 5.22. The molecule has 8 heteroatoms. The van der Waals surface area contributed by atoms with Crippen LogP contribution in [0.2, 0.25) is 0 Å². The molecule has 0 amide bonds. The van der Waals surface area contributed by atoms with Gasteiger partial charge in [-0.25, -0.2) is 9.36 Å². The highest BCUT2D eigenvalue weighted by Gasteiger charge is 2.32. The highest BCUT2D eigenvalue weighted by molar-refractivity contribution is 7.62. The average molecular weight is 352 g/mol. The number of hydrogen-bond acceptors (Lipinski definition) is 5. The minimum atomic E-state index is -3.81. The molecular weight excluding hydrogens is 331 g/mol. The summed E-state index contributed by atoms with van der Waals surface area (Å²) in [6.45, 7) is 5.45. The van der Waals surface area contributed by atoms with Crippen molar-refractivity contribution in [1.29, 1.82) is 0 Å². The van der Waals surface area contributed by atoms with Gasteiger partial charge in [0.2, 0.25) is 0 Å². The molecular formula is C16H21N2O5P. The van der Waals surface area contributed by atoms with E-state index in [2.05, 4.69) is 0 Å². The van der Waals surface area contributed by atoms with E-state index in [9.17, 15) is 14.2 Å². The smallest absolute Gasteiger partial charge is 0.305 e. The van der Waals surface area contributed by atoms with Gasteiger partial charge >= 0.3 is 13.3 Å². The largest absolute Gasteiger partial charge is 0.368 e. The molecule has 1 heterocycles. The van der Waals surface area contributed by atoms with Gasteiger partial charge in [0.25, 0.3) is 5.56 Å². The van der Waals surface area contributed by atoms with Gasteiger partial charge in [0.1, 0.15) is 5.30 Å². The molecule has 7 nitrogen and oxygen atoms in total. The number of hydrogen-bond donors (Lipinski definition) is 0. The lowest BCUT2D eigenvalue weighted by molar-refractivity contribution is 0.229. The first-order chi connectivity index (χ1) is 11.3. The van der Waals surface area contributed by atoms with Gasteiger partial charge < -0.3 is 13.6 Å². The van der Waals surface area contributed by atoms with Crippen molar-refractivity contribution in [2.24, 2.45) is 7.05 Å². The minimum Gasteiger partial charge on any atom is -0.305 e. The van der Waals surface area contributed by atoms with Crippen LogP contribution in [-0.4, -0.2) is 22.3 Å². The molecule has 1 aromatic carbocycles. The van der Waals surface area contributed by atoms with E-state index in [1.807, 2.05) is 6.92 Å². The van der Waals surface area contributed by atoms with Gasteiger partial charge in [-0.3, -0.25) is 9.36 Å². The second kappa shape index (κ2) is 7.30. The van der Waals surface area contributed by atoms with Crippen molar-refractivity contribution in [2.45, 2.75) is 20.8 Å². The molecule has 2 rings (SSSR count). The first-order valence-electron chi connectivity index (χ1n) is 7.63. The fourth-order valence-corrected chi connectivity index (χ4v) is 3.96. The van der Waals surface area contributed by atoms with Crippen LogP contribution >= 0.6 is 7.60 Å². The van der Waals surface area contributed by atoms with Crippen molar-refractivity contribution in [2.75, 3.05) is 13.2 Å². The van der Waals surface area contributed by atoms with Gasteiger partial charge in [0.05, 0.1) is 18.9 Å². The van der Waals surface area contributed by atoms with Crippen molar-refractivity contribution in [3.05, 3.63) is 56.9 Å². The summed E-state index contributed by atoms with van der Waals surface area (Å²) >= 11 is 0. The zero-order valence-corrected chi connectivity index (χ0v) is 15.1. The average Bonchev–Trinajstić information content (AvgIpc) is 2.53. The fraction of sp³-hybridized carbons (Fsp3) is 0.375. The van der Waals surface area contributed by atoms with Crippen molar-refractivity contribution >= 4 is 12.9 Å². The third-order valence-electron chi connectivity index (χ3n) is 3.42. The lowest BCUT2D eigenvalue weighted by Gasteiger charge is -2.18. The summed E-state index contributed by atoms with van der Waals surface area (Å²) in [5.74, 6) is 0. The molecule has 0 radical (unpaired) electrons. The molecule has 24 heavy (non-hydrogen) atoms. The normalized spacial score (nSPS) is 11.7. The van der Waals surface area contributed by atoms with E-state index in [-0.39, 0.29) is 18.5 Å². The zero-order valence-electron chi connectivity index (χ0n) is 14.2. The number of aromatic nitrogens is 2. The zero-order chi connectivity index (χ0) is 17.9. The molecule has 0 fully saturated rings. The predicted octanol–water partition coefficient (Wildman–Crippen LogP) is 1.74. The summed E-state index contributed by atoms with van der Waals surface area (Å²) in [5, 5.41) is -0.158. The van der Waals surface area contributed by atoms with E-state index in [0.717, 1.165) is 10.1 Å². The summed E-state index contributed by atoms with van der Waals surface area (Å²) in [6.07, 6.45) is 1.22. The highest BCUT2D eigenvalue weighted by atomic mass is 31.2. The second-order valence-corrected chi connectivity index (χ2v) is 7.21. The third-order valence-corrected chi connectivity index (χ3v) is 5.51. The topological polar surface area (TPSA) is 79.5 Å². The molecule has 0 saturated carbocycles. The molecule has 0 saturated heterocycles. The van der Waals surface area contributed by atoms with E-state index in [0.29, 0.717) is 5.69 Å². The summed E-state index contributed by atoms with van der Waals surface area (Å²) in [7, 11) is -2.32. The predicted molar refractivity (Wildman–Crippen MR) is 92.5 cm³/mol. The Morgan fingerprint density at radius 1 is 1.04 bits per heavy atom. The Morgan fingerprint density at radius 2 is 1.58 bits per heavy atom. The molecule has 0 spiro atoms. The van der Waals surface area contributed by atoms with Gasteiger partial charge in [0, 0.05) is 13.2 Å². The number of rotatable bonds is 6. The van der Waals surface area contributed by atoms with E-state index >= 15 is 0 Å². The van der Waals surface area contributed by atoms with E-state index in [1.165, 1.54) is 17.8 Å². The highest BCUT2D eigenvalue weighted by Crippen LogP contribution is 2.45.